The molecule has 1 aromatic carbocycles. The zero-order chi connectivity index (χ0) is 14.2. The van der Waals surface area contributed by atoms with Crippen LogP contribution >= 0.6 is 15.9 Å². The smallest absolute Gasteiger partial charge is 0.414 e. The van der Waals surface area contributed by atoms with E-state index in [0.29, 0.717) is 24.2 Å². The van der Waals surface area contributed by atoms with E-state index < -0.39 is 11.7 Å². The summed E-state index contributed by atoms with van der Waals surface area (Å²) in [5.74, 6) is 0.0520. The topological polar surface area (TPSA) is 46.6 Å². The molecule has 1 amide bonds. The number of carbonyl (C=O) groups excluding carboxylic acids is 2. The van der Waals surface area contributed by atoms with Crippen molar-refractivity contribution in [3.05, 3.63) is 28.2 Å². The van der Waals surface area contributed by atoms with Crippen LogP contribution in [0, 0.1) is 0 Å². The summed E-state index contributed by atoms with van der Waals surface area (Å²) < 4.78 is 6.10. The number of para-hydroxylation sites is 1. The maximum atomic E-state index is 12.2. The van der Waals surface area contributed by atoms with Crippen LogP contribution in [0.4, 0.5) is 10.5 Å². The van der Waals surface area contributed by atoms with Crippen LogP contribution < -0.4 is 4.90 Å². The second kappa shape index (κ2) is 4.96. The van der Waals surface area contributed by atoms with Crippen molar-refractivity contribution in [3.8, 4) is 0 Å². The lowest BCUT2D eigenvalue weighted by molar-refractivity contribution is 0.0577. The number of hydrogen-bond donors (Lipinski definition) is 0. The predicted molar refractivity (Wildman–Crippen MR) is 76.7 cm³/mol. The molecule has 0 radical (unpaired) electrons. The third kappa shape index (κ3) is 2.97. The minimum absolute atomic E-state index is 0.0520. The van der Waals surface area contributed by atoms with E-state index in [4.69, 9.17) is 4.74 Å². The molecular weight excluding hydrogens is 310 g/mol. The summed E-state index contributed by atoms with van der Waals surface area (Å²) in [6, 6.07) is 5.34. The number of anilines is 1. The van der Waals surface area contributed by atoms with Gasteiger partial charge < -0.3 is 4.74 Å². The molecule has 0 spiro atoms. The second-order valence-corrected chi connectivity index (χ2v) is 6.30. The average molecular weight is 326 g/mol. The molecule has 1 aliphatic heterocycles. The van der Waals surface area contributed by atoms with Crippen LogP contribution in [0.1, 0.15) is 37.6 Å². The van der Waals surface area contributed by atoms with Gasteiger partial charge in [0, 0.05) is 23.0 Å². The number of Topliss-reactive ketones (excluding diaryl/α,β-unsaturated/α-hetero) is 1. The van der Waals surface area contributed by atoms with E-state index in [1.807, 2.05) is 26.8 Å². The highest BCUT2D eigenvalue weighted by Crippen LogP contribution is 2.35. The fraction of sp³-hybridized carbons (Fsp3) is 0.429. The average Bonchev–Trinajstić information content (AvgIpc) is 2.28. The van der Waals surface area contributed by atoms with Crippen LogP contribution in [0.25, 0.3) is 0 Å². The van der Waals surface area contributed by atoms with E-state index in [1.165, 1.54) is 4.90 Å². The highest BCUT2D eigenvalue weighted by Gasteiger charge is 2.31. The minimum Gasteiger partial charge on any atom is -0.443 e. The summed E-state index contributed by atoms with van der Waals surface area (Å²) in [5, 5.41) is 0. The molecule has 1 aliphatic rings. The van der Waals surface area contributed by atoms with Gasteiger partial charge in [0.25, 0.3) is 0 Å². The molecule has 0 aliphatic carbocycles. The summed E-state index contributed by atoms with van der Waals surface area (Å²) in [6.07, 6.45) is -0.101. The van der Waals surface area contributed by atoms with Crippen LogP contribution in [0.5, 0.6) is 0 Å². The Labute approximate surface area is 120 Å². The number of hydrogen-bond acceptors (Lipinski definition) is 3. The van der Waals surface area contributed by atoms with E-state index >= 15 is 0 Å². The molecule has 0 fully saturated rings. The molecule has 0 saturated carbocycles. The Morgan fingerprint density at radius 3 is 2.68 bits per heavy atom. The van der Waals surface area contributed by atoms with Crippen LogP contribution in [0.15, 0.2) is 22.7 Å². The molecule has 1 aromatic rings. The maximum Gasteiger partial charge on any atom is 0.414 e. The van der Waals surface area contributed by atoms with Crippen molar-refractivity contribution in [2.45, 2.75) is 32.8 Å². The minimum atomic E-state index is -0.556. The molecule has 0 bridgehead atoms. The van der Waals surface area contributed by atoms with Crippen molar-refractivity contribution in [1.82, 2.24) is 0 Å². The van der Waals surface area contributed by atoms with Gasteiger partial charge in [0.15, 0.2) is 5.78 Å². The lowest BCUT2D eigenvalue weighted by atomic mass is 10.0. The number of benzene rings is 1. The molecule has 4 nitrogen and oxygen atoms in total. The molecule has 0 unspecified atom stereocenters. The quantitative estimate of drug-likeness (QED) is 0.729. The monoisotopic (exact) mass is 325 g/mol. The van der Waals surface area contributed by atoms with Crippen LogP contribution in [0.2, 0.25) is 0 Å². The number of ether oxygens (including phenoxy) is 1. The first kappa shape index (κ1) is 14.1. The van der Waals surface area contributed by atoms with Gasteiger partial charge >= 0.3 is 6.09 Å². The highest BCUT2D eigenvalue weighted by atomic mass is 79.9. The first-order chi connectivity index (χ1) is 8.79. The first-order valence-electron chi connectivity index (χ1n) is 6.12. The number of fused-ring (bicyclic) bond motifs is 1. The lowest BCUT2D eigenvalue weighted by Crippen LogP contribution is -2.41. The van der Waals surface area contributed by atoms with Crippen molar-refractivity contribution < 1.29 is 14.3 Å². The predicted octanol–water partition coefficient (Wildman–Crippen LogP) is 3.78. The zero-order valence-electron chi connectivity index (χ0n) is 11.2. The SMILES string of the molecule is CC(C)(C)OC(=O)N1CCC(=O)c2cccc(Br)c21. The molecule has 0 saturated heterocycles. The Morgan fingerprint density at radius 1 is 1.37 bits per heavy atom. The largest absolute Gasteiger partial charge is 0.443 e. The van der Waals surface area contributed by atoms with E-state index in [0.717, 1.165) is 4.47 Å². The molecule has 2 rings (SSSR count). The Balaban J connectivity index is 2.38. The van der Waals surface area contributed by atoms with Crippen LogP contribution in [0.3, 0.4) is 0 Å². The normalized spacial score (nSPS) is 15.2. The van der Waals surface area contributed by atoms with Gasteiger partial charge in [-0.3, -0.25) is 9.69 Å². The summed E-state index contributed by atoms with van der Waals surface area (Å²) >= 11 is 3.40. The number of rotatable bonds is 0. The Hall–Kier alpha value is -1.36. The summed E-state index contributed by atoms with van der Waals surface area (Å²) in [4.78, 5) is 25.6. The molecular formula is C14H16BrNO3. The second-order valence-electron chi connectivity index (χ2n) is 5.44. The molecule has 102 valence electrons. The lowest BCUT2D eigenvalue weighted by Gasteiger charge is -2.31. The number of amides is 1. The fourth-order valence-corrected chi connectivity index (χ4v) is 2.55. The van der Waals surface area contributed by atoms with Crippen LogP contribution in [-0.2, 0) is 4.74 Å². The third-order valence-electron chi connectivity index (χ3n) is 2.73. The first-order valence-corrected chi connectivity index (χ1v) is 6.91. The molecule has 0 N–H and O–H groups in total. The number of ketones is 1. The van der Waals surface area contributed by atoms with Gasteiger partial charge in [0.2, 0.25) is 0 Å². The van der Waals surface area contributed by atoms with E-state index in [2.05, 4.69) is 15.9 Å². The molecule has 19 heavy (non-hydrogen) atoms. The molecule has 1 heterocycles. The highest BCUT2D eigenvalue weighted by molar-refractivity contribution is 9.10. The summed E-state index contributed by atoms with van der Waals surface area (Å²) in [5.41, 5.74) is 0.611. The van der Waals surface area contributed by atoms with E-state index in [-0.39, 0.29) is 5.78 Å². The summed E-state index contributed by atoms with van der Waals surface area (Å²) in [6.45, 7) is 5.81. The Morgan fingerprint density at radius 2 is 2.05 bits per heavy atom. The van der Waals surface area contributed by atoms with E-state index in [9.17, 15) is 9.59 Å². The van der Waals surface area contributed by atoms with Crippen molar-refractivity contribution in [2.24, 2.45) is 0 Å². The number of halogens is 1. The van der Waals surface area contributed by atoms with Gasteiger partial charge in [-0.25, -0.2) is 4.79 Å². The summed E-state index contributed by atoms with van der Waals surface area (Å²) in [7, 11) is 0. The van der Waals surface area contributed by atoms with Crippen molar-refractivity contribution >= 4 is 33.5 Å². The molecule has 0 aromatic heterocycles. The standard InChI is InChI=1S/C14H16BrNO3/c1-14(2,3)19-13(18)16-8-7-11(17)9-5-4-6-10(15)12(9)16/h4-6H,7-8H2,1-3H3. The Bertz CT molecular complexity index is 534. The van der Waals surface area contributed by atoms with Crippen molar-refractivity contribution in [1.29, 1.82) is 0 Å². The maximum absolute atomic E-state index is 12.2. The molecule has 5 heteroatoms. The van der Waals surface area contributed by atoms with Crippen molar-refractivity contribution in [2.75, 3.05) is 11.4 Å². The third-order valence-corrected chi connectivity index (χ3v) is 3.37. The number of carbonyl (C=O) groups is 2. The van der Waals surface area contributed by atoms with Gasteiger partial charge in [-0.05, 0) is 48.8 Å². The van der Waals surface area contributed by atoms with Gasteiger partial charge in [0.1, 0.15) is 5.60 Å². The van der Waals surface area contributed by atoms with Gasteiger partial charge in [-0.2, -0.15) is 0 Å². The Kier molecular flexibility index (Phi) is 3.67. The van der Waals surface area contributed by atoms with Gasteiger partial charge in [-0.1, -0.05) is 6.07 Å². The van der Waals surface area contributed by atoms with E-state index in [1.54, 1.807) is 12.1 Å². The van der Waals surface area contributed by atoms with Crippen molar-refractivity contribution in [3.63, 3.8) is 0 Å². The zero-order valence-corrected chi connectivity index (χ0v) is 12.8. The number of nitrogens with zero attached hydrogens (tertiary/aromatic N) is 1. The fourth-order valence-electron chi connectivity index (χ4n) is 1.97. The van der Waals surface area contributed by atoms with Gasteiger partial charge in [0.05, 0.1) is 5.69 Å². The molecule has 0 atom stereocenters. The van der Waals surface area contributed by atoms with Gasteiger partial charge in [-0.15, -0.1) is 0 Å². The van der Waals surface area contributed by atoms with Crippen LogP contribution in [-0.4, -0.2) is 24.0 Å².